The Bertz CT molecular complexity index is 700. The summed E-state index contributed by atoms with van der Waals surface area (Å²) in [5.41, 5.74) is 1.36. The smallest absolute Gasteiger partial charge is 0.416 e. The second-order valence-corrected chi connectivity index (χ2v) is 6.13. The Kier molecular flexibility index (Phi) is 7.26. The van der Waals surface area contributed by atoms with E-state index in [0.29, 0.717) is 24.6 Å². The Hall–Kier alpha value is -2.28. The number of rotatable bonds is 7. The molecule has 2 N–H and O–H groups in total. The molecule has 0 heterocycles. The van der Waals surface area contributed by atoms with E-state index in [-0.39, 0.29) is 0 Å². The normalized spacial score (nSPS) is 11.1. The lowest BCUT2D eigenvalue weighted by Crippen LogP contribution is -2.37. The minimum atomic E-state index is -4.30. The topological polar surface area (TPSA) is 33.3 Å². The van der Waals surface area contributed by atoms with Gasteiger partial charge in [0, 0.05) is 13.1 Å². The van der Waals surface area contributed by atoms with Crippen molar-refractivity contribution in [3.63, 3.8) is 0 Å². The number of methoxy groups -OCH3 is 1. The van der Waals surface area contributed by atoms with Gasteiger partial charge in [-0.2, -0.15) is 13.2 Å². The van der Waals surface area contributed by atoms with Gasteiger partial charge in [-0.15, -0.1) is 0 Å². The highest BCUT2D eigenvalue weighted by molar-refractivity contribution is 7.80. The van der Waals surface area contributed by atoms with Crippen LogP contribution in [0.2, 0.25) is 0 Å². The highest BCUT2D eigenvalue weighted by Gasteiger charge is 2.29. The number of ether oxygens (including phenoxy) is 1. The highest BCUT2D eigenvalue weighted by Crippen LogP contribution is 2.29. The van der Waals surface area contributed by atoms with Crippen molar-refractivity contribution in [2.24, 2.45) is 0 Å². The van der Waals surface area contributed by atoms with Gasteiger partial charge in [0.15, 0.2) is 5.11 Å². The van der Waals surface area contributed by atoms with Gasteiger partial charge in [0.2, 0.25) is 0 Å². The van der Waals surface area contributed by atoms with Gasteiger partial charge in [0.25, 0.3) is 0 Å². The van der Waals surface area contributed by atoms with Crippen molar-refractivity contribution >= 4 is 17.3 Å². The molecule has 0 fully saturated rings. The number of nitrogens with one attached hydrogen (secondary N) is 2. The van der Waals surface area contributed by atoms with Gasteiger partial charge in [-0.3, -0.25) is 0 Å². The van der Waals surface area contributed by atoms with Crippen LogP contribution in [-0.4, -0.2) is 25.3 Å². The molecule has 2 aromatic rings. The summed E-state index contributed by atoms with van der Waals surface area (Å²) in [5.74, 6) is 0.821. The maximum atomic E-state index is 12.5. The average molecular weight is 382 g/mol. The van der Waals surface area contributed by atoms with Gasteiger partial charge in [-0.25, -0.2) is 0 Å². The SMILES string of the molecule is COc1ccc(CCNC(=S)NCCc2ccc(C(F)(F)F)cc2)cc1. The van der Waals surface area contributed by atoms with E-state index in [0.717, 1.165) is 29.9 Å². The van der Waals surface area contributed by atoms with Crippen molar-refractivity contribution in [3.05, 3.63) is 65.2 Å². The first-order chi connectivity index (χ1) is 12.4. The molecule has 0 radical (unpaired) electrons. The quantitative estimate of drug-likeness (QED) is 0.710. The van der Waals surface area contributed by atoms with Gasteiger partial charge in [-0.05, 0) is 60.5 Å². The third kappa shape index (κ3) is 6.55. The van der Waals surface area contributed by atoms with Gasteiger partial charge in [0.1, 0.15) is 5.75 Å². The summed E-state index contributed by atoms with van der Waals surface area (Å²) in [4.78, 5) is 0. The molecule has 0 saturated heterocycles. The molecule has 2 aromatic carbocycles. The van der Waals surface area contributed by atoms with Crippen LogP contribution >= 0.6 is 12.2 Å². The number of alkyl halides is 3. The summed E-state index contributed by atoms with van der Waals surface area (Å²) >= 11 is 5.20. The zero-order valence-corrected chi connectivity index (χ0v) is 15.2. The zero-order chi connectivity index (χ0) is 19.0. The molecule has 140 valence electrons. The molecular formula is C19H21F3N2OS. The van der Waals surface area contributed by atoms with E-state index < -0.39 is 11.7 Å². The number of hydrogen-bond acceptors (Lipinski definition) is 2. The molecule has 2 rings (SSSR count). The number of halogens is 3. The third-order valence-electron chi connectivity index (χ3n) is 3.84. The average Bonchev–Trinajstić information content (AvgIpc) is 2.62. The monoisotopic (exact) mass is 382 g/mol. The Morgan fingerprint density at radius 2 is 1.35 bits per heavy atom. The molecule has 0 spiro atoms. The lowest BCUT2D eigenvalue weighted by molar-refractivity contribution is -0.137. The molecule has 0 aliphatic heterocycles. The van der Waals surface area contributed by atoms with Crippen molar-refractivity contribution in [1.82, 2.24) is 10.6 Å². The molecule has 0 saturated carbocycles. The zero-order valence-electron chi connectivity index (χ0n) is 14.4. The lowest BCUT2D eigenvalue weighted by Gasteiger charge is -2.11. The minimum Gasteiger partial charge on any atom is -0.497 e. The van der Waals surface area contributed by atoms with Crippen LogP contribution in [0.5, 0.6) is 5.75 Å². The van der Waals surface area contributed by atoms with E-state index in [4.69, 9.17) is 17.0 Å². The predicted molar refractivity (Wildman–Crippen MR) is 100 cm³/mol. The van der Waals surface area contributed by atoms with Crippen molar-refractivity contribution in [3.8, 4) is 5.75 Å². The van der Waals surface area contributed by atoms with E-state index in [1.807, 2.05) is 24.3 Å². The molecule has 0 unspecified atom stereocenters. The number of benzene rings is 2. The molecule has 0 aromatic heterocycles. The molecule has 0 amide bonds. The summed E-state index contributed by atoms with van der Waals surface area (Å²) in [6, 6.07) is 13.0. The van der Waals surface area contributed by atoms with Crippen LogP contribution < -0.4 is 15.4 Å². The van der Waals surface area contributed by atoms with Crippen LogP contribution in [0.1, 0.15) is 16.7 Å². The maximum Gasteiger partial charge on any atom is 0.416 e. The van der Waals surface area contributed by atoms with Crippen LogP contribution in [0.15, 0.2) is 48.5 Å². The Labute approximate surface area is 156 Å². The van der Waals surface area contributed by atoms with Crippen molar-refractivity contribution in [1.29, 1.82) is 0 Å². The van der Waals surface area contributed by atoms with Crippen LogP contribution in [-0.2, 0) is 19.0 Å². The van der Waals surface area contributed by atoms with E-state index in [1.54, 1.807) is 7.11 Å². The summed E-state index contributed by atoms with van der Waals surface area (Å²) < 4.78 is 42.7. The van der Waals surface area contributed by atoms with Crippen LogP contribution in [0.3, 0.4) is 0 Å². The van der Waals surface area contributed by atoms with Crippen LogP contribution in [0.25, 0.3) is 0 Å². The standard InChI is InChI=1S/C19H21F3N2OS/c1-25-17-8-4-15(5-9-17)11-13-24-18(26)23-12-10-14-2-6-16(7-3-14)19(20,21)22/h2-9H,10-13H2,1H3,(H2,23,24,26). The fourth-order valence-corrected chi connectivity index (χ4v) is 2.56. The second-order valence-electron chi connectivity index (χ2n) is 5.73. The van der Waals surface area contributed by atoms with E-state index in [2.05, 4.69) is 10.6 Å². The van der Waals surface area contributed by atoms with Gasteiger partial charge in [-0.1, -0.05) is 24.3 Å². The molecule has 0 aliphatic rings. The van der Waals surface area contributed by atoms with Gasteiger partial charge < -0.3 is 15.4 Å². The summed E-state index contributed by atoms with van der Waals surface area (Å²) in [7, 11) is 1.63. The van der Waals surface area contributed by atoms with E-state index in [1.165, 1.54) is 17.7 Å². The minimum absolute atomic E-state index is 0.533. The molecule has 26 heavy (non-hydrogen) atoms. The maximum absolute atomic E-state index is 12.5. The Morgan fingerprint density at radius 1 is 0.885 bits per heavy atom. The van der Waals surface area contributed by atoms with Crippen LogP contribution in [0, 0.1) is 0 Å². The molecule has 0 bridgehead atoms. The predicted octanol–water partition coefficient (Wildman–Crippen LogP) is 3.96. The molecule has 7 heteroatoms. The molecule has 0 atom stereocenters. The summed E-state index contributed by atoms with van der Waals surface area (Å²) in [5, 5.41) is 6.71. The highest BCUT2D eigenvalue weighted by atomic mass is 32.1. The first kappa shape index (κ1) is 20.0. The Balaban J connectivity index is 1.65. The van der Waals surface area contributed by atoms with Crippen molar-refractivity contribution in [2.45, 2.75) is 19.0 Å². The lowest BCUT2D eigenvalue weighted by atomic mass is 10.1. The Morgan fingerprint density at radius 3 is 1.77 bits per heavy atom. The second kappa shape index (κ2) is 9.43. The third-order valence-corrected chi connectivity index (χ3v) is 4.13. The first-order valence-corrected chi connectivity index (χ1v) is 8.60. The number of hydrogen-bond donors (Lipinski definition) is 2. The first-order valence-electron chi connectivity index (χ1n) is 8.19. The van der Waals surface area contributed by atoms with Gasteiger partial charge >= 0.3 is 6.18 Å². The van der Waals surface area contributed by atoms with Gasteiger partial charge in [0.05, 0.1) is 12.7 Å². The molecule has 0 aliphatic carbocycles. The fraction of sp³-hybridized carbons (Fsp3) is 0.316. The van der Waals surface area contributed by atoms with E-state index >= 15 is 0 Å². The summed E-state index contributed by atoms with van der Waals surface area (Å²) in [6.07, 6.45) is -2.88. The molecule has 3 nitrogen and oxygen atoms in total. The largest absolute Gasteiger partial charge is 0.497 e. The molecular weight excluding hydrogens is 361 g/mol. The van der Waals surface area contributed by atoms with Crippen LogP contribution in [0.4, 0.5) is 13.2 Å². The summed E-state index contributed by atoms with van der Waals surface area (Å²) in [6.45, 7) is 1.25. The van der Waals surface area contributed by atoms with Crippen molar-refractivity contribution in [2.75, 3.05) is 20.2 Å². The van der Waals surface area contributed by atoms with Crippen molar-refractivity contribution < 1.29 is 17.9 Å². The fourth-order valence-electron chi connectivity index (χ4n) is 2.36. The van der Waals surface area contributed by atoms with E-state index in [9.17, 15) is 13.2 Å². The number of thiocarbonyl (C=S) groups is 1.